The van der Waals surface area contributed by atoms with Crippen LogP contribution < -0.4 is 5.32 Å². The lowest BCUT2D eigenvalue weighted by Gasteiger charge is -2.38. The zero-order valence-electron chi connectivity index (χ0n) is 11.4. The van der Waals surface area contributed by atoms with Gasteiger partial charge in [-0.3, -0.25) is 15.1 Å². The molecule has 0 aliphatic heterocycles. The van der Waals surface area contributed by atoms with Crippen LogP contribution in [0.1, 0.15) is 26.2 Å². The zero-order chi connectivity index (χ0) is 14.2. The summed E-state index contributed by atoms with van der Waals surface area (Å²) in [7, 11) is 0. The molecule has 1 N–H and O–H groups in total. The number of anilines is 1. The summed E-state index contributed by atoms with van der Waals surface area (Å²) in [5, 5.41) is 15.9. The Morgan fingerprint density at radius 1 is 1.35 bits per heavy atom. The van der Waals surface area contributed by atoms with E-state index in [1.165, 1.54) is 19.3 Å². The molecule has 1 aliphatic rings. The van der Waals surface area contributed by atoms with E-state index >= 15 is 0 Å². The van der Waals surface area contributed by atoms with Crippen LogP contribution >= 0.6 is 0 Å². The van der Waals surface area contributed by atoms with Gasteiger partial charge in [-0.05, 0) is 30.4 Å². The van der Waals surface area contributed by atoms with E-state index in [9.17, 15) is 10.1 Å². The molecule has 104 valence electrons. The average molecular weight is 271 g/mol. The highest BCUT2D eigenvalue weighted by molar-refractivity contribution is 5.99. The van der Waals surface area contributed by atoms with Crippen molar-refractivity contribution in [2.75, 3.05) is 11.9 Å². The second-order valence-corrected chi connectivity index (χ2v) is 5.83. The number of non-ortho nitro benzene ring substituents is 1. The monoisotopic (exact) mass is 271 g/mol. The normalized spacial score (nSPS) is 16.6. The second-order valence-electron chi connectivity index (χ2n) is 5.83. The Morgan fingerprint density at radius 2 is 2.15 bits per heavy atom. The van der Waals surface area contributed by atoms with Crippen molar-refractivity contribution in [1.82, 2.24) is 4.98 Å². The lowest BCUT2D eigenvalue weighted by molar-refractivity contribution is -0.383. The van der Waals surface area contributed by atoms with Crippen molar-refractivity contribution < 1.29 is 4.92 Å². The van der Waals surface area contributed by atoms with Crippen LogP contribution in [0.15, 0.2) is 30.6 Å². The highest BCUT2D eigenvalue weighted by atomic mass is 16.6. The van der Waals surface area contributed by atoms with Crippen LogP contribution in [0.3, 0.4) is 0 Å². The van der Waals surface area contributed by atoms with E-state index < -0.39 is 0 Å². The van der Waals surface area contributed by atoms with Gasteiger partial charge in [-0.2, -0.15) is 0 Å². The van der Waals surface area contributed by atoms with Crippen molar-refractivity contribution in [2.24, 2.45) is 5.41 Å². The molecule has 0 bridgehead atoms. The van der Waals surface area contributed by atoms with Crippen molar-refractivity contribution in [3.8, 4) is 0 Å². The van der Waals surface area contributed by atoms with Gasteiger partial charge in [0.05, 0.1) is 10.3 Å². The SMILES string of the molecule is CC1(CNc2ccc([N+](=O)[O-])c3ccncc23)CCC1. The number of nitro groups is 1. The predicted molar refractivity (Wildman–Crippen MR) is 78.8 cm³/mol. The molecule has 1 heterocycles. The first-order chi connectivity index (χ1) is 9.59. The molecular formula is C15H17N3O2. The minimum Gasteiger partial charge on any atom is -0.384 e. The van der Waals surface area contributed by atoms with E-state index in [1.807, 2.05) is 0 Å². The highest BCUT2D eigenvalue weighted by Gasteiger charge is 2.31. The molecule has 0 atom stereocenters. The number of rotatable bonds is 4. The van der Waals surface area contributed by atoms with Crippen LogP contribution in [-0.4, -0.2) is 16.5 Å². The molecule has 20 heavy (non-hydrogen) atoms. The summed E-state index contributed by atoms with van der Waals surface area (Å²) in [6.07, 6.45) is 7.05. The standard InChI is InChI=1S/C15H17N3O2/c1-15(6-2-7-15)10-17-13-3-4-14(18(19)20)11-5-8-16-9-12(11)13/h3-5,8-9,17H,2,6-7,10H2,1H3. The van der Waals surface area contributed by atoms with E-state index in [0.717, 1.165) is 17.6 Å². The highest BCUT2D eigenvalue weighted by Crippen LogP contribution is 2.41. The lowest BCUT2D eigenvalue weighted by Crippen LogP contribution is -2.33. The largest absolute Gasteiger partial charge is 0.384 e. The van der Waals surface area contributed by atoms with Gasteiger partial charge in [-0.1, -0.05) is 13.3 Å². The third kappa shape index (κ3) is 2.19. The number of nitrogens with zero attached hydrogens (tertiary/aromatic N) is 2. The van der Waals surface area contributed by atoms with Gasteiger partial charge in [0, 0.05) is 36.1 Å². The van der Waals surface area contributed by atoms with Crippen molar-refractivity contribution in [3.63, 3.8) is 0 Å². The first-order valence-corrected chi connectivity index (χ1v) is 6.84. The van der Waals surface area contributed by atoms with Gasteiger partial charge >= 0.3 is 0 Å². The maximum absolute atomic E-state index is 11.1. The van der Waals surface area contributed by atoms with E-state index in [1.54, 1.807) is 30.6 Å². The quantitative estimate of drug-likeness (QED) is 0.679. The zero-order valence-corrected chi connectivity index (χ0v) is 11.4. The van der Waals surface area contributed by atoms with Crippen LogP contribution in [0, 0.1) is 15.5 Å². The Balaban J connectivity index is 1.95. The summed E-state index contributed by atoms with van der Waals surface area (Å²) in [6.45, 7) is 3.17. The number of fused-ring (bicyclic) bond motifs is 1. The number of nitrogens with one attached hydrogen (secondary N) is 1. The number of hydrogen-bond acceptors (Lipinski definition) is 4. The summed E-state index contributed by atoms with van der Waals surface area (Å²) in [5.74, 6) is 0. The maximum atomic E-state index is 11.1. The third-order valence-electron chi connectivity index (χ3n) is 4.26. The van der Waals surface area contributed by atoms with E-state index in [2.05, 4.69) is 17.2 Å². The first-order valence-electron chi connectivity index (χ1n) is 6.84. The van der Waals surface area contributed by atoms with Gasteiger partial charge < -0.3 is 5.32 Å². The number of aromatic nitrogens is 1. The smallest absolute Gasteiger partial charge is 0.277 e. The van der Waals surface area contributed by atoms with E-state index in [-0.39, 0.29) is 10.6 Å². The summed E-state index contributed by atoms with van der Waals surface area (Å²) in [6, 6.07) is 5.04. The molecule has 5 nitrogen and oxygen atoms in total. The molecule has 1 fully saturated rings. The van der Waals surface area contributed by atoms with Crippen molar-refractivity contribution >= 4 is 22.1 Å². The maximum Gasteiger partial charge on any atom is 0.277 e. The molecular weight excluding hydrogens is 254 g/mol. The van der Waals surface area contributed by atoms with Crippen LogP contribution in [-0.2, 0) is 0 Å². The minimum atomic E-state index is -0.348. The molecule has 5 heteroatoms. The first kappa shape index (κ1) is 12.8. The molecule has 1 aromatic carbocycles. The Kier molecular flexibility index (Phi) is 3.04. The molecule has 3 rings (SSSR count). The fourth-order valence-corrected chi connectivity index (χ4v) is 2.75. The van der Waals surface area contributed by atoms with E-state index in [4.69, 9.17) is 0 Å². The number of nitro benzene ring substituents is 1. The van der Waals surface area contributed by atoms with Gasteiger partial charge in [0.25, 0.3) is 5.69 Å². The summed E-state index contributed by atoms with van der Waals surface area (Å²) in [4.78, 5) is 14.8. The third-order valence-corrected chi connectivity index (χ3v) is 4.26. The Bertz CT molecular complexity index is 665. The Morgan fingerprint density at radius 3 is 2.80 bits per heavy atom. The fraction of sp³-hybridized carbons (Fsp3) is 0.400. The predicted octanol–water partition coefficient (Wildman–Crippen LogP) is 3.75. The Hall–Kier alpha value is -2.17. The minimum absolute atomic E-state index is 0.128. The van der Waals surface area contributed by atoms with E-state index in [0.29, 0.717) is 10.8 Å². The topological polar surface area (TPSA) is 68.1 Å². The van der Waals surface area contributed by atoms with Crippen molar-refractivity contribution in [1.29, 1.82) is 0 Å². The van der Waals surface area contributed by atoms with Crippen LogP contribution in [0.2, 0.25) is 0 Å². The molecule has 0 saturated heterocycles. The van der Waals surface area contributed by atoms with Gasteiger partial charge in [-0.15, -0.1) is 0 Å². The summed E-state index contributed by atoms with van der Waals surface area (Å²) >= 11 is 0. The molecule has 0 amide bonds. The van der Waals surface area contributed by atoms with Crippen LogP contribution in [0.4, 0.5) is 11.4 Å². The summed E-state index contributed by atoms with van der Waals surface area (Å²) < 4.78 is 0. The molecule has 1 aromatic heterocycles. The lowest BCUT2D eigenvalue weighted by atomic mass is 9.70. The van der Waals surface area contributed by atoms with Crippen LogP contribution in [0.25, 0.3) is 10.8 Å². The Labute approximate surface area is 117 Å². The van der Waals surface area contributed by atoms with Crippen molar-refractivity contribution in [2.45, 2.75) is 26.2 Å². The molecule has 0 spiro atoms. The van der Waals surface area contributed by atoms with Gasteiger partial charge in [0.2, 0.25) is 0 Å². The van der Waals surface area contributed by atoms with Gasteiger partial charge in [0.15, 0.2) is 0 Å². The van der Waals surface area contributed by atoms with Crippen LogP contribution in [0.5, 0.6) is 0 Å². The number of hydrogen-bond donors (Lipinski definition) is 1. The van der Waals surface area contributed by atoms with Gasteiger partial charge in [-0.25, -0.2) is 0 Å². The second kappa shape index (κ2) is 4.74. The molecule has 0 unspecified atom stereocenters. The molecule has 0 radical (unpaired) electrons. The summed E-state index contributed by atoms with van der Waals surface area (Å²) in [5.41, 5.74) is 1.41. The molecule has 2 aromatic rings. The number of benzene rings is 1. The van der Waals surface area contributed by atoms with Gasteiger partial charge in [0.1, 0.15) is 0 Å². The fourth-order valence-electron chi connectivity index (χ4n) is 2.75. The average Bonchev–Trinajstić information content (AvgIpc) is 2.42. The number of pyridine rings is 1. The molecule has 1 aliphatic carbocycles. The van der Waals surface area contributed by atoms with Crippen molar-refractivity contribution in [3.05, 3.63) is 40.7 Å². The molecule has 1 saturated carbocycles.